The number of hydrogen-bond acceptors (Lipinski definition) is 2. The minimum Gasteiger partial charge on any atom is -0.303 e. The lowest BCUT2D eigenvalue weighted by Crippen LogP contribution is -2.57. The van der Waals surface area contributed by atoms with Crippen molar-refractivity contribution in [2.24, 2.45) is 11.8 Å². The van der Waals surface area contributed by atoms with Crippen LogP contribution in [0.25, 0.3) is 0 Å². The Morgan fingerprint density at radius 2 is 1.78 bits per heavy atom. The molecule has 0 aromatic heterocycles. The molecule has 0 radical (unpaired) electrons. The SMILES string of the molecule is CC(C)CN1CC[C@H]2[C@H](CCCN2C2Cc3ccccc3C2)C1. The molecule has 126 valence electrons. The number of fused-ring (bicyclic) bond motifs is 2. The Bertz CT molecular complexity index is 513. The molecule has 1 aromatic rings. The first-order chi connectivity index (χ1) is 11.2. The van der Waals surface area contributed by atoms with E-state index in [9.17, 15) is 0 Å². The fourth-order valence-corrected chi connectivity index (χ4v) is 5.42. The topological polar surface area (TPSA) is 6.48 Å². The number of benzene rings is 1. The summed E-state index contributed by atoms with van der Waals surface area (Å²) in [6.07, 6.45) is 6.83. The third-order valence-electron chi connectivity index (χ3n) is 6.32. The molecule has 1 aliphatic carbocycles. The van der Waals surface area contributed by atoms with Gasteiger partial charge < -0.3 is 4.90 Å². The van der Waals surface area contributed by atoms with Gasteiger partial charge in [-0.05, 0) is 68.2 Å². The highest BCUT2D eigenvalue weighted by Crippen LogP contribution is 2.36. The van der Waals surface area contributed by atoms with Crippen LogP contribution < -0.4 is 0 Å². The van der Waals surface area contributed by atoms with Gasteiger partial charge in [-0.3, -0.25) is 4.90 Å². The molecule has 23 heavy (non-hydrogen) atoms. The molecule has 0 amide bonds. The molecule has 1 aromatic carbocycles. The summed E-state index contributed by atoms with van der Waals surface area (Å²) in [5.74, 6) is 1.72. The third kappa shape index (κ3) is 3.21. The molecule has 0 spiro atoms. The van der Waals surface area contributed by atoms with Crippen molar-refractivity contribution < 1.29 is 0 Å². The van der Waals surface area contributed by atoms with Crippen molar-refractivity contribution in [3.05, 3.63) is 35.4 Å². The quantitative estimate of drug-likeness (QED) is 0.841. The highest BCUT2D eigenvalue weighted by atomic mass is 15.2. The third-order valence-corrected chi connectivity index (χ3v) is 6.32. The van der Waals surface area contributed by atoms with Crippen LogP contribution in [-0.2, 0) is 12.8 Å². The van der Waals surface area contributed by atoms with Crippen LogP contribution in [0, 0.1) is 11.8 Å². The molecule has 3 aliphatic rings. The fourth-order valence-electron chi connectivity index (χ4n) is 5.42. The van der Waals surface area contributed by atoms with Crippen LogP contribution in [0.3, 0.4) is 0 Å². The molecule has 2 aliphatic heterocycles. The molecule has 0 unspecified atom stereocenters. The van der Waals surface area contributed by atoms with Crippen LogP contribution in [0.5, 0.6) is 0 Å². The Labute approximate surface area is 141 Å². The molecular weight excluding hydrogens is 280 g/mol. The van der Waals surface area contributed by atoms with Crippen molar-refractivity contribution in [2.45, 2.75) is 58.0 Å². The van der Waals surface area contributed by atoms with Crippen LogP contribution in [-0.4, -0.2) is 48.1 Å². The average molecular weight is 313 g/mol. The minimum absolute atomic E-state index is 0.775. The second-order valence-electron chi connectivity index (χ2n) is 8.48. The van der Waals surface area contributed by atoms with E-state index in [1.165, 1.54) is 58.3 Å². The van der Waals surface area contributed by atoms with E-state index in [1.807, 2.05) is 0 Å². The normalized spacial score (nSPS) is 29.7. The first kappa shape index (κ1) is 15.7. The van der Waals surface area contributed by atoms with Gasteiger partial charge in [-0.1, -0.05) is 38.1 Å². The predicted molar refractivity (Wildman–Crippen MR) is 96.8 cm³/mol. The molecule has 2 atom stereocenters. The summed E-state index contributed by atoms with van der Waals surface area (Å²) in [7, 11) is 0. The summed E-state index contributed by atoms with van der Waals surface area (Å²) in [6, 6.07) is 10.8. The molecule has 2 nitrogen and oxygen atoms in total. The Kier molecular flexibility index (Phi) is 4.47. The molecule has 2 saturated heterocycles. The summed E-state index contributed by atoms with van der Waals surface area (Å²) in [5.41, 5.74) is 3.22. The molecule has 2 heteroatoms. The van der Waals surface area contributed by atoms with Crippen molar-refractivity contribution in [3.8, 4) is 0 Å². The summed E-state index contributed by atoms with van der Waals surface area (Å²) in [5, 5.41) is 0. The monoisotopic (exact) mass is 312 g/mol. The van der Waals surface area contributed by atoms with Crippen molar-refractivity contribution in [1.82, 2.24) is 9.80 Å². The zero-order valence-corrected chi connectivity index (χ0v) is 14.9. The predicted octanol–water partition coefficient (Wildman–Crippen LogP) is 3.60. The van der Waals surface area contributed by atoms with Crippen molar-refractivity contribution >= 4 is 0 Å². The Morgan fingerprint density at radius 3 is 2.48 bits per heavy atom. The van der Waals surface area contributed by atoms with Gasteiger partial charge >= 0.3 is 0 Å². The molecule has 0 saturated carbocycles. The van der Waals surface area contributed by atoms with E-state index in [0.717, 1.165) is 23.9 Å². The lowest BCUT2D eigenvalue weighted by Gasteiger charge is -2.49. The molecule has 0 N–H and O–H groups in total. The van der Waals surface area contributed by atoms with E-state index in [1.54, 1.807) is 11.1 Å². The van der Waals surface area contributed by atoms with Crippen LogP contribution in [0.1, 0.15) is 44.2 Å². The van der Waals surface area contributed by atoms with E-state index in [4.69, 9.17) is 0 Å². The highest BCUT2D eigenvalue weighted by Gasteiger charge is 2.40. The van der Waals surface area contributed by atoms with Gasteiger partial charge in [-0.2, -0.15) is 0 Å². The minimum atomic E-state index is 0.775. The van der Waals surface area contributed by atoms with Gasteiger partial charge in [0.2, 0.25) is 0 Å². The number of likely N-dealkylation sites (tertiary alicyclic amines) is 2. The number of hydrogen-bond donors (Lipinski definition) is 0. The second-order valence-corrected chi connectivity index (χ2v) is 8.48. The van der Waals surface area contributed by atoms with Crippen LogP contribution in [0.15, 0.2) is 24.3 Å². The van der Waals surface area contributed by atoms with E-state index in [2.05, 4.69) is 47.9 Å². The summed E-state index contributed by atoms with van der Waals surface area (Å²) in [6.45, 7) is 10.0. The van der Waals surface area contributed by atoms with Crippen LogP contribution >= 0.6 is 0 Å². The Hall–Kier alpha value is -0.860. The first-order valence-corrected chi connectivity index (χ1v) is 9.75. The van der Waals surface area contributed by atoms with Crippen LogP contribution in [0.4, 0.5) is 0 Å². The van der Waals surface area contributed by atoms with Gasteiger partial charge in [0.1, 0.15) is 0 Å². The molecule has 0 bridgehead atoms. The van der Waals surface area contributed by atoms with E-state index in [0.29, 0.717) is 0 Å². The first-order valence-electron chi connectivity index (χ1n) is 9.75. The van der Waals surface area contributed by atoms with Gasteiger partial charge in [0.15, 0.2) is 0 Å². The van der Waals surface area contributed by atoms with Crippen molar-refractivity contribution in [3.63, 3.8) is 0 Å². The lowest BCUT2D eigenvalue weighted by atomic mass is 9.82. The Morgan fingerprint density at radius 1 is 1.04 bits per heavy atom. The molecular formula is C21H32N2. The number of piperidine rings is 2. The summed E-state index contributed by atoms with van der Waals surface area (Å²) in [4.78, 5) is 5.65. The van der Waals surface area contributed by atoms with Gasteiger partial charge in [0, 0.05) is 25.2 Å². The van der Waals surface area contributed by atoms with Gasteiger partial charge in [-0.25, -0.2) is 0 Å². The number of nitrogens with zero attached hydrogens (tertiary/aromatic N) is 2. The lowest BCUT2D eigenvalue weighted by molar-refractivity contribution is -0.00294. The Balaban J connectivity index is 1.43. The van der Waals surface area contributed by atoms with E-state index >= 15 is 0 Å². The number of rotatable bonds is 3. The van der Waals surface area contributed by atoms with Crippen molar-refractivity contribution in [1.29, 1.82) is 0 Å². The largest absolute Gasteiger partial charge is 0.303 e. The standard InChI is InChI=1S/C21H32N2/c1-16(2)14-22-11-9-21-19(15-22)8-5-10-23(21)20-12-17-6-3-4-7-18(17)13-20/h3-4,6-7,16,19-21H,5,8-15H2,1-2H3/t19-,21+/m1/s1. The van der Waals surface area contributed by atoms with Crippen LogP contribution in [0.2, 0.25) is 0 Å². The smallest absolute Gasteiger partial charge is 0.0179 e. The maximum atomic E-state index is 2.92. The van der Waals surface area contributed by atoms with Gasteiger partial charge in [0.05, 0.1) is 0 Å². The molecule has 2 heterocycles. The summed E-state index contributed by atoms with van der Waals surface area (Å²) < 4.78 is 0. The maximum Gasteiger partial charge on any atom is 0.0179 e. The molecule has 2 fully saturated rings. The summed E-state index contributed by atoms with van der Waals surface area (Å²) >= 11 is 0. The fraction of sp³-hybridized carbons (Fsp3) is 0.714. The maximum absolute atomic E-state index is 2.92. The zero-order valence-electron chi connectivity index (χ0n) is 14.9. The average Bonchev–Trinajstić information content (AvgIpc) is 2.97. The molecule has 4 rings (SSSR count). The van der Waals surface area contributed by atoms with Gasteiger partial charge in [-0.15, -0.1) is 0 Å². The van der Waals surface area contributed by atoms with E-state index < -0.39 is 0 Å². The second kappa shape index (κ2) is 6.57. The van der Waals surface area contributed by atoms with E-state index in [-0.39, 0.29) is 0 Å². The highest BCUT2D eigenvalue weighted by molar-refractivity contribution is 5.33. The zero-order chi connectivity index (χ0) is 15.8. The van der Waals surface area contributed by atoms with Gasteiger partial charge in [0.25, 0.3) is 0 Å². The van der Waals surface area contributed by atoms with Crippen molar-refractivity contribution in [2.75, 3.05) is 26.2 Å².